The molecule has 2 rings (SSSR count). The van der Waals surface area contributed by atoms with Crippen molar-refractivity contribution in [2.75, 3.05) is 6.54 Å². The van der Waals surface area contributed by atoms with Gasteiger partial charge < -0.3 is 10.1 Å². The molecule has 0 atom stereocenters. The lowest BCUT2D eigenvalue weighted by Gasteiger charge is -2.13. The van der Waals surface area contributed by atoms with E-state index in [0.29, 0.717) is 6.20 Å². The molecular formula is C20H14F6N2O2. The monoisotopic (exact) mass is 428 g/mol. The van der Waals surface area contributed by atoms with E-state index in [-0.39, 0.29) is 18.4 Å². The summed E-state index contributed by atoms with van der Waals surface area (Å²) in [6.45, 7) is 3.17. The van der Waals surface area contributed by atoms with Crippen LogP contribution in [0.1, 0.15) is 15.9 Å². The predicted octanol–water partition coefficient (Wildman–Crippen LogP) is 4.95. The number of benzene rings is 1. The van der Waals surface area contributed by atoms with Crippen LogP contribution in [0.3, 0.4) is 0 Å². The number of nitrogens with one attached hydrogen (secondary N) is 1. The fraction of sp³-hybridized carbons (Fsp3) is 0.100. The van der Waals surface area contributed by atoms with Gasteiger partial charge in [-0.25, -0.2) is 18.2 Å². The Labute approximate surface area is 167 Å². The maximum atomic E-state index is 13.6. The van der Waals surface area contributed by atoms with Crippen LogP contribution in [0.15, 0.2) is 67.1 Å². The van der Waals surface area contributed by atoms with Crippen molar-refractivity contribution in [1.82, 2.24) is 10.3 Å². The standard InChI is InChI=1S/C20H14F6N2O2/c1-2-5-13(30-19-14(20(24,25)26)10-12(21)11-28-19)6-4-9-27-18(29)17-15(22)7-3-8-16(17)23/h2-8,10-11H,1,9H2,(H,27,29)/b6-4-,13-5+. The first-order valence-electron chi connectivity index (χ1n) is 8.25. The first-order chi connectivity index (χ1) is 14.1. The Morgan fingerprint density at radius 3 is 2.47 bits per heavy atom. The van der Waals surface area contributed by atoms with Crippen LogP contribution in [0.4, 0.5) is 26.3 Å². The number of halogens is 6. The Balaban J connectivity index is 2.10. The number of nitrogens with zero attached hydrogens (tertiary/aromatic N) is 1. The third-order valence-corrected chi connectivity index (χ3v) is 3.47. The van der Waals surface area contributed by atoms with Gasteiger partial charge in [0, 0.05) is 6.54 Å². The maximum Gasteiger partial charge on any atom is 0.421 e. The highest BCUT2D eigenvalue weighted by atomic mass is 19.4. The summed E-state index contributed by atoms with van der Waals surface area (Å²) in [6, 6.07) is 3.17. The van der Waals surface area contributed by atoms with E-state index in [2.05, 4.69) is 16.9 Å². The zero-order valence-electron chi connectivity index (χ0n) is 15.1. The molecule has 0 saturated carbocycles. The topological polar surface area (TPSA) is 51.2 Å². The number of aromatic nitrogens is 1. The van der Waals surface area contributed by atoms with Crippen molar-refractivity contribution in [3.05, 3.63) is 95.7 Å². The van der Waals surface area contributed by atoms with Gasteiger partial charge in [0.15, 0.2) is 0 Å². The van der Waals surface area contributed by atoms with Crippen molar-refractivity contribution in [1.29, 1.82) is 0 Å². The molecule has 10 heteroatoms. The first-order valence-corrected chi connectivity index (χ1v) is 8.25. The van der Waals surface area contributed by atoms with E-state index < -0.39 is 46.5 Å². The van der Waals surface area contributed by atoms with Gasteiger partial charge in [0.2, 0.25) is 5.88 Å². The smallest absolute Gasteiger partial charge is 0.421 e. The molecule has 2 aromatic rings. The Kier molecular flexibility index (Phi) is 7.40. The Morgan fingerprint density at radius 2 is 1.87 bits per heavy atom. The number of hydrogen-bond acceptors (Lipinski definition) is 3. The lowest BCUT2D eigenvalue weighted by atomic mass is 10.2. The van der Waals surface area contributed by atoms with E-state index in [4.69, 9.17) is 4.74 Å². The van der Waals surface area contributed by atoms with Gasteiger partial charge in [0.25, 0.3) is 5.91 Å². The lowest BCUT2D eigenvalue weighted by Crippen LogP contribution is -2.25. The summed E-state index contributed by atoms with van der Waals surface area (Å²) in [5, 5.41) is 2.23. The first kappa shape index (κ1) is 22.7. The van der Waals surface area contributed by atoms with Crippen molar-refractivity contribution in [3.8, 4) is 5.88 Å². The average molecular weight is 428 g/mol. The fourth-order valence-corrected chi connectivity index (χ4v) is 2.19. The number of rotatable bonds is 7. The second kappa shape index (κ2) is 9.77. The molecule has 0 saturated heterocycles. The molecule has 1 N–H and O–H groups in total. The molecule has 4 nitrogen and oxygen atoms in total. The minimum Gasteiger partial charge on any atom is -0.438 e. The minimum absolute atomic E-state index is 0.166. The van der Waals surface area contributed by atoms with Crippen LogP contribution in [-0.2, 0) is 6.18 Å². The van der Waals surface area contributed by atoms with Crippen molar-refractivity contribution in [3.63, 3.8) is 0 Å². The van der Waals surface area contributed by atoms with Crippen LogP contribution in [0.2, 0.25) is 0 Å². The van der Waals surface area contributed by atoms with E-state index in [1.54, 1.807) is 0 Å². The molecule has 30 heavy (non-hydrogen) atoms. The molecule has 0 radical (unpaired) electrons. The molecular weight excluding hydrogens is 414 g/mol. The summed E-state index contributed by atoms with van der Waals surface area (Å²) < 4.78 is 84.4. The highest BCUT2D eigenvalue weighted by Crippen LogP contribution is 2.36. The number of alkyl halides is 3. The van der Waals surface area contributed by atoms with Gasteiger partial charge in [0.05, 0.1) is 6.20 Å². The molecule has 0 unspecified atom stereocenters. The van der Waals surface area contributed by atoms with E-state index in [0.717, 1.165) is 18.2 Å². The summed E-state index contributed by atoms with van der Waals surface area (Å²) in [4.78, 5) is 15.2. The summed E-state index contributed by atoms with van der Waals surface area (Å²) in [5.74, 6) is -5.36. The largest absolute Gasteiger partial charge is 0.438 e. The van der Waals surface area contributed by atoms with Crippen molar-refractivity contribution < 1.29 is 35.9 Å². The Hall–Kier alpha value is -3.56. The van der Waals surface area contributed by atoms with Gasteiger partial charge in [-0.3, -0.25) is 4.79 Å². The maximum absolute atomic E-state index is 13.6. The van der Waals surface area contributed by atoms with Gasteiger partial charge in [-0.05, 0) is 30.4 Å². The van der Waals surface area contributed by atoms with Crippen LogP contribution < -0.4 is 10.1 Å². The Bertz CT molecular complexity index is 979. The molecule has 0 spiro atoms. The molecule has 0 aliphatic rings. The number of allylic oxidation sites excluding steroid dienone is 3. The normalized spacial score (nSPS) is 12.1. The zero-order chi connectivity index (χ0) is 22.3. The van der Waals surface area contributed by atoms with Crippen molar-refractivity contribution in [2.24, 2.45) is 0 Å². The summed E-state index contributed by atoms with van der Waals surface area (Å²) >= 11 is 0. The molecule has 1 heterocycles. The second-order valence-electron chi connectivity index (χ2n) is 5.62. The Morgan fingerprint density at radius 1 is 1.20 bits per heavy atom. The third-order valence-electron chi connectivity index (χ3n) is 3.47. The van der Waals surface area contributed by atoms with E-state index in [1.807, 2.05) is 0 Å². The SMILES string of the molecule is C=C/C=C(\C=C/CNC(=O)c1c(F)cccc1F)Oc1ncc(F)cc1C(F)(F)F. The van der Waals surface area contributed by atoms with E-state index in [9.17, 15) is 31.1 Å². The molecule has 1 aromatic carbocycles. The third kappa shape index (κ3) is 5.97. The van der Waals surface area contributed by atoms with Gasteiger partial charge >= 0.3 is 6.18 Å². The minimum atomic E-state index is -4.91. The van der Waals surface area contributed by atoms with Crippen molar-refractivity contribution in [2.45, 2.75) is 6.18 Å². The van der Waals surface area contributed by atoms with Crippen LogP contribution in [0, 0.1) is 17.5 Å². The highest BCUT2D eigenvalue weighted by molar-refractivity contribution is 5.94. The zero-order valence-corrected chi connectivity index (χ0v) is 15.1. The predicted molar refractivity (Wildman–Crippen MR) is 95.9 cm³/mol. The van der Waals surface area contributed by atoms with Crippen LogP contribution in [0.5, 0.6) is 5.88 Å². The molecule has 0 aliphatic carbocycles. The lowest BCUT2D eigenvalue weighted by molar-refractivity contribution is -0.139. The number of carbonyl (C=O) groups is 1. The molecule has 1 amide bonds. The number of amides is 1. The molecule has 158 valence electrons. The second-order valence-corrected chi connectivity index (χ2v) is 5.62. The molecule has 0 fully saturated rings. The van der Waals surface area contributed by atoms with Gasteiger partial charge in [-0.15, -0.1) is 0 Å². The summed E-state index contributed by atoms with van der Waals surface area (Å²) in [5.41, 5.74) is -2.19. The van der Waals surface area contributed by atoms with Crippen LogP contribution in [0.25, 0.3) is 0 Å². The average Bonchev–Trinajstić information content (AvgIpc) is 2.65. The van der Waals surface area contributed by atoms with Gasteiger partial charge in [-0.2, -0.15) is 13.2 Å². The number of carbonyl (C=O) groups excluding carboxylic acids is 1. The number of pyridine rings is 1. The van der Waals surface area contributed by atoms with E-state index >= 15 is 0 Å². The van der Waals surface area contributed by atoms with E-state index in [1.165, 1.54) is 24.3 Å². The number of hydrogen-bond donors (Lipinski definition) is 1. The molecule has 0 aliphatic heterocycles. The quantitative estimate of drug-likeness (QED) is 0.386. The highest BCUT2D eigenvalue weighted by Gasteiger charge is 2.36. The van der Waals surface area contributed by atoms with Crippen LogP contribution >= 0.6 is 0 Å². The number of ether oxygens (including phenoxy) is 1. The molecule has 1 aromatic heterocycles. The summed E-state index contributed by atoms with van der Waals surface area (Å²) in [6.07, 6.45) is 0.478. The summed E-state index contributed by atoms with van der Waals surface area (Å²) in [7, 11) is 0. The van der Waals surface area contributed by atoms with Crippen LogP contribution in [-0.4, -0.2) is 17.4 Å². The van der Waals surface area contributed by atoms with Crippen molar-refractivity contribution >= 4 is 5.91 Å². The fourth-order valence-electron chi connectivity index (χ4n) is 2.19. The van der Waals surface area contributed by atoms with Gasteiger partial charge in [-0.1, -0.05) is 24.8 Å². The molecule has 0 bridgehead atoms. The van der Waals surface area contributed by atoms with Gasteiger partial charge in [0.1, 0.15) is 34.3 Å².